The molecule has 0 spiro atoms. The summed E-state index contributed by atoms with van der Waals surface area (Å²) >= 11 is 1.47. The van der Waals surface area contributed by atoms with Crippen molar-refractivity contribution in [3.05, 3.63) is 6.33 Å². The van der Waals surface area contributed by atoms with Crippen LogP contribution in [0.4, 0.5) is 0 Å². The molecule has 0 aliphatic heterocycles. The highest BCUT2D eigenvalue weighted by Crippen LogP contribution is 2.19. The lowest BCUT2D eigenvalue weighted by Gasteiger charge is -2.26. The number of hydrogen-bond acceptors (Lipinski definition) is 5. The Hall–Kier alpha value is -1.08. The highest BCUT2D eigenvalue weighted by Gasteiger charge is 2.30. The number of carbonyl (C=O) groups excluding carboxylic acids is 1. The van der Waals surface area contributed by atoms with Crippen LogP contribution in [0.1, 0.15) is 20.3 Å². The van der Waals surface area contributed by atoms with E-state index in [0.29, 0.717) is 5.75 Å². The van der Waals surface area contributed by atoms with Crippen LogP contribution in [0, 0.1) is 0 Å². The molecule has 0 saturated carbocycles. The summed E-state index contributed by atoms with van der Waals surface area (Å²) in [5.41, 5.74) is 4.72. The highest BCUT2D eigenvalue weighted by atomic mass is 32.2. The Bertz CT molecular complexity index is 381. The van der Waals surface area contributed by atoms with Crippen LogP contribution in [0.25, 0.3) is 0 Å². The van der Waals surface area contributed by atoms with Crippen LogP contribution in [0.2, 0.25) is 0 Å². The minimum absolute atomic E-state index is 0.347. The topological polar surface area (TPSA) is 85.8 Å². The first-order valence-corrected chi connectivity index (χ1v) is 6.50. The maximum absolute atomic E-state index is 11.5. The first-order chi connectivity index (χ1) is 7.99. The monoisotopic (exact) mass is 257 g/mol. The molecule has 0 fully saturated rings. The normalized spacial score (nSPS) is 14.5. The molecular formula is C10H19N5OS. The van der Waals surface area contributed by atoms with E-state index in [2.05, 4.69) is 15.5 Å². The maximum Gasteiger partial charge on any atom is 0.238 e. The van der Waals surface area contributed by atoms with Gasteiger partial charge in [-0.1, -0.05) is 18.7 Å². The summed E-state index contributed by atoms with van der Waals surface area (Å²) in [7, 11) is 1.86. The molecule has 1 amide bonds. The molecular weight excluding hydrogens is 238 g/mol. The molecule has 0 aliphatic rings. The Kier molecular flexibility index (Phi) is 4.95. The lowest BCUT2D eigenvalue weighted by atomic mass is 10.1. The van der Waals surface area contributed by atoms with E-state index in [1.54, 1.807) is 6.33 Å². The minimum atomic E-state index is -0.716. The zero-order valence-electron chi connectivity index (χ0n) is 10.4. The molecule has 1 rings (SSSR count). The van der Waals surface area contributed by atoms with Gasteiger partial charge < -0.3 is 15.6 Å². The predicted molar refractivity (Wildman–Crippen MR) is 67.6 cm³/mol. The number of primary amides is 1. The van der Waals surface area contributed by atoms with Crippen molar-refractivity contribution in [2.45, 2.75) is 31.0 Å². The van der Waals surface area contributed by atoms with Gasteiger partial charge in [-0.2, -0.15) is 0 Å². The van der Waals surface area contributed by atoms with Gasteiger partial charge in [0.15, 0.2) is 5.16 Å². The van der Waals surface area contributed by atoms with Crippen molar-refractivity contribution in [3.63, 3.8) is 0 Å². The molecule has 3 N–H and O–H groups in total. The molecule has 0 bridgehead atoms. The zero-order valence-corrected chi connectivity index (χ0v) is 11.3. The molecule has 1 aromatic rings. The van der Waals surface area contributed by atoms with E-state index in [1.807, 2.05) is 25.5 Å². The van der Waals surface area contributed by atoms with Gasteiger partial charge in [0, 0.05) is 12.8 Å². The number of nitrogens with zero attached hydrogens (tertiary/aromatic N) is 3. The average Bonchev–Trinajstić information content (AvgIpc) is 2.69. The minimum Gasteiger partial charge on any atom is -0.368 e. The quantitative estimate of drug-likeness (QED) is 0.679. The second-order valence-corrected chi connectivity index (χ2v) is 5.08. The van der Waals surface area contributed by atoms with Gasteiger partial charge in [-0.15, -0.1) is 10.2 Å². The SMILES string of the molecule is CCCNC(C)(CSc1nncn1C)C(N)=O. The Morgan fingerprint density at radius 3 is 2.88 bits per heavy atom. The number of aromatic nitrogens is 3. The standard InChI is InChI=1S/C10H19N5OS/c1-4-5-12-10(2,8(11)16)6-17-9-14-13-7-15(9)3/h7,12H,4-6H2,1-3H3,(H2,11,16). The second-order valence-electron chi connectivity index (χ2n) is 4.14. The second kappa shape index (κ2) is 6.02. The smallest absolute Gasteiger partial charge is 0.238 e. The maximum atomic E-state index is 11.5. The van der Waals surface area contributed by atoms with E-state index in [1.165, 1.54) is 11.8 Å². The summed E-state index contributed by atoms with van der Waals surface area (Å²) in [4.78, 5) is 11.5. The van der Waals surface area contributed by atoms with Crippen LogP contribution < -0.4 is 11.1 Å². The van der Waals surface area contributed by atoms with Crippen LogP contribution >= 0.6 is 11.8 Å². The van der Waals surface area contributed by atoms with E-state index in [4.69, 9.17) is 5.73 Å². The molecule has 96 valence electrons. The molecule has 1 aromatic heterocycles. The van der Waals surface area contributed by atoms with E-state index in [9.17, 15) is 4.79 Å². The summed E-state index contributed by atoms with van der Waals surface area (Å²) < 4.78 is 1.81. The van der Waals surface area contributed by atoms with Gasteiger partial charge in [0.1, 0.15) is 11.9 Å². The molecule has 0 radical (unpaired) electrons. The number of aryl methyl sites for hydroxylation is 1. The molecule has 0 aliphatic carbocycles. The number of rotatable bonds is 7. The molecule has 0 saturated heterocycles. The van der Waals surface area contributed by atoms with Crippen LogP contribution in [0.5, 0.6) is 0 Å². The van der Waals surface area contributed by atoms with E-state index in [-0.39, 0.29) is 5.91 Å². The first kappa shape index (κ1) is 14.0. The first-order valence-electron chi connectivity index (χ1n) is 5.51. The fourth-order valence-corrected chi connectivity index (χ4v) is 2.24. The molecule has 0 aromatic carbocycles. The Morgan fingerprint density at radius 1 is 1.71 bits per heavy atom. The number of nitrogens with two attached hydrogens (primary N) is 1. The van der Waals surface area contributed by atoms with Gasteiger partial charge in [-0.25, -0.2) is 0 Å². The summed E-state index contributed by atoms with van der Waals surface area (Å²) in [5, 5.41) is 11.7. The van der Waals surface area contributed by atoms with Gasteiger partial charge in [-0.3, -0.25) is 4.79 Å². The van der Waals surface area contributed by atoms with E-state index < -0.39 is 5.54 Å². The number of thioether (sulfide) groups is 1. The summed E-state index contributed by atoms with van der Waals surface area (Å²) in [6.07, 6.45) is 2.58. The Labute approximate surface area is 105 Å². The third kappa shape index (κ3) is 3.71. The van der Waals surface area contributed by atoms with Crippen LogP contribution in [0.3, 0.4) is 0 Å². The third-order valence-electron chi connectivity index (χ3n) is 2.47. The number of amides is 1. The lowest BCUT2D eigenvalue weighted by Crippen LogP contribution is -2.55. The van der Waals surface area contributed by atoms with Gasteiger partial charge in [0.2, 0.25) is 5.91 Å². The van der Waals surface area contributed by atoms with Crippen molar-refractivity contribution in [2.24, 2.45) is 12.8 Å². The van der Waals surface area contributed by atoms with Crippen LogP contribution in [-0.2, 0) is 11.8 Å². The van der Waals surface area contributed by atoms with E-state index >= 15 is 0 Å². The largest absolute Gasteiger partial charge is 0.368 e. The summed E-state index contributed by atoms with van der Waals surface area (Å²) in [5.74, 6) is 0.190. The van der Waals surface area contributed by atoms with E-state index in [0.717, 1.165) is 18.1 Å². The van der Waals surface area contributed by atoms with Crippen molar-refractivity contribution < 1.29 is 4.79 Å². The average molecular weight is 257 g/mol. The van der Waals surface area contributed by atoms with Crippen molar-refractivity contribution in [3.8, 4) is 0 Å². The summed E-state index contributed by atoms with van der Waals surface area (Å²) in [6, 6.07) is 0. The van der Waals surface area contributed by atoms with Gasteiger partial charge in [0.05, 0.1) is 0 Å². The van der Waals surface area contributed by atoms with Crippen molar-refractivity contribution in [1.82, 2.24) is 20.1 Å². The number of hydrogen-bond donors (Lipinski definition) is 2. The molecule has 7 heteroatoms. The van der Waals surface area contributed by atoms with Crippen LogP contribution in [-0.4, -0.2) is 38.5 Å². The molecule has 1 atom stereocenters. The summed E-state index contributed by atoms with van der Waals surface area (Å²) in [6.45, 7) is 4.62. The number of carbonyl (C=O) groups is 1. The van der Waals surface area contributed by atoms with Gasteiger partial charge >= 0.3 is 0 Å². The lowest BCUT2D eigenvalue weighted by molar-refractivity contribution is -0.122. The molecule has 1 unspecified atom stereocenters. The molecule has 6 nitrogen and oxygen atoms in total. The van der Waals surface area contributed by atoms with Crippen molar-refractivity contribution >= 4 is 17.7 Å². The highest BCUT2D eigenvalue weighted by molar-refractivity contribution is 7.99. The molecule has 17 heavy (non-hydrogen) atoms. The van der Waals surface area contributed by atoms with Crippen molar-refractivity contribution in [2.75, 3.05) is 12.3 Å². The zero-order chi connectivity index (χ0) is 12.9. The number of nitrogens with one attached hydrogen (secondary N) is 1. The Balaban J connectivity index is 2.61. The Morgan fingerprint density at radius 2 is 2.41 bits per heavy atom. The van der Waals surface area contributed by atoms with Gasteiger partial charge in [0.25, 0.3) is 0 Å². The fraction of sp³-hybridized carbons (Fsp3) is 0.700. The molecule has 1 heterocycles. The third-order valence-corrected chi connectivity index (χ3v) is 3.82. The fourth-order valence-electron chi connectivity index (χ4n) is 1.22. The predicted octanol–water partition coefficient (Wildman–Crippen LogP) is 0.151. The van der Waals surface area contributed by atoms with Gasteiger partial charge in [-0.05, 0) is 19.9 Å². The van der Waals surface area contributed by atoms with Crippen molar-refractivity contribution in [1.29, 1.82) is 0 Å². The van der Waals surface area contributed by atoms with Crippen LogP contribution in [0.15, 0.2) is 11.5 Å².